The van der Waals surface area contributed by atoms with Gasteiger partial charge in [0.15, 0.2) is 0 Å². The van der Waals surface area contributed by atoms with E-state index < -0.39 is 0 Å². The first-order valence-electron chi connectivity index (χ1n) is 7.91. The molecule has 2 rings (SSSR count). The molecular formula is C16H32N2. The minimum absolute atomic E-state index is 0.371. The van der Waals surface area contributed by atoms with Crippen molar-refractivity contribution in [1.82, 2.24) is 10.2 Å². The molecule has 2 aliphatic rings. The fraction of sp³-hybridized carbons (Fsp3) is 1.00. The first kappa shape index (κ1) is 14.3. The van der Waals surface area contributed by atoms with Crippen LogP contribution in [0.15, 0.2) is 0 Å². The van der Waals surface area contributed by atoms with Crippen LogP contribution >= 0.6 is 0 Å². The molecule has 2 fully saturated rings. The van der Waals surface area contributed by atoms with E-state index in [1.165, 1.54) is 32.2 Å². The fourth-order valence-electron chi connectivity index (χ4n) is 3.25. The average Bonchev–Trinajstić information content (AvgIpc) is 3.09. The third-order valence-electron chi connectivity index (χ3n) is 4.91. The number of nitrogens with zero attached hydrogens (tertiary/aromatic N) is 1. The van der Waals surface area contributed by atoms with Crippen LogP contribution in [0.4, 0.5) is 0 Å². The van der Waals surface area contributed by atoms with E-state index in [2.05, 4.69) is 44.8 Å². The van der Waals surface area contributed by atoms with Crippen molar-refractivity contribution in [1.29, 1.82) is 0 Å². The largest absolute Gasteiger partial charge is 0.311 e. The highest BCUT2D eigenvalue weighted by Crippen LogP contribution is 2.36. The van der Waals surface area contributed by atoms with Crippen molar-refractivity contribution in [2.75, 3.05) is 13.1 Å². The summed E-state index contributed by atoms with van der Waals surface area (Å²) < 4.78 is 0. The summed E-state index contributed by atoms with van der Waals surface area (Å²) in [5.41, 5.74) is 0.371. The van der Waals surface area contributed by atoms with Crippen molar-refractivity contribution in [3.63, 3.8) is 0 Å². The fourth-order valence-corrected chi connectivity index (χ4v) is 3.25. The van der Waals surface area contributed by atoms with Gasteiger partial charge in [0.1, 0.15) is 0 Å². The van der Waals surface area contributed by atoms with Gasteiger partial charge in [-0.1, -0.05) is 40.5 Å². The lowest BCUT2D eigenvalue weighted by Gasteiger charge is -2.47. The van der Waals surface area contributed by atoms with Gasteiger partial charge in [0.2, 0.25) is 0 Å². The molecule has 1 N–H and O–H groups in total. The molecule has 106 valence electrons. The van der Waals surface area contributed by atoms with Gasteiger partial charge < -0.3 is 5.32 Å². The molecule has 1 saturated heterocycles. The summed E-state index contributed by atoms with van der Waals surface area (Å²) >= 11 is 0. The number of rotatable bonds is 4. The van der Waals surface area contributed by atoms with Gasteiger partial charge in [-0.05, 0) is 31.1 Å². The van der Waals surface area contributed by atoms with E-state index in [0.29, 0.717) is 17.5 Å². The topological polar surface area (TPSA) is 15.3 Å². The Bertz CT molecular complexity index is 265. The third kappa shape index (κ3) is 3.48. The summed E-state index contributed by atoms with van der Waals surface area (Å²) in [6, 6.07) is 2.16. The molecule has 1 heterocycles. The van der Waals surface area contributed by atoms with E-state index >= 15 is 0 Å². The normalized spacial score (nSPS) is 32.5. The van der Waals surface area contributed by atoms with Crippen LogP contribution in [-0.2, 0) is 0 Å². The smallest absolute Gasteiger partial charge is 0.0244 e. The Balaban J connectivity index is 1.98. The summed E-state index contributed by atoms with van der Waals surface area (Å²) in [7, 11) is 0. The van der Waals surface area contributed by atoms with E-state index in [9.17, 15) is 0 Å². The quantitative estimate of drug-likeness (QED) is 0.826. The van der Waals surface area contributed by atoms with E-state index in [4.69, 9.17) is 0 Å². The first-order valence-corrected chi connectivity index (χ1v) is 7.91. The monoisotopic (exact) mass is 252 g/mol. The number of hydrogen-bond donors (Lipinski definition) is 1. The van der Waals surface area contributed by atoms with Crippen LogP contribution in [0.25, 0.3) is 0 Å². The maximum absolute atomic E-state index is 3.75. The van der Waals surface area contributed by atoms with Gasteiger partial charge in [0.25, 0.3) is 0 Å². The van der Waals surface area contributed by atoms with Crippen molar-refractivity contribution >= 4 is 0 Å². The molecule has 0 radical (unpaired) electrons. The minimum atomic E-state index is 0.371. The second-order valence-corrected chi connectivity index (χ2v) is 7.61. The van der Waals surface area contributed by atoms with E-state index in [0.717, 1.165) is 18.5 Å². The van der Waals surface area contributed by atoms with Gasteiger partial charge >= 0.3 is 0 Å². The molecular weight excluding hydrogens is 220 g/mol. The van der Waals surface area contributed by atoms with Crippen molar-refractivity contribution in [3.05, 3.63) is 0 Å². The number of piperazine rings is 1. The molecule has 0 bridgehead atoms. The van der Waals surface area contributed by atoms with Gasteiger partial charge in [0.05, 0.1) is 0 Å². The second-order valence-electron chi connectivity index (χ2n) is 7.61. The van der Waals surface area contributed by atoms with Crippen molar-refractivity contribution in [3.8, 4) is 0 Å². The lowest BCUT2D eigenvalue weighted by atomic mass is 9.84. The van der Waals surface area contributed by atoms with Crippen LogP contribution in [0.1, 0.15) is 60.3 Å². The predicted molar refractivity (Wildman–Crippen MR) is 78.8 cm³/mol. The van der Waals surface area contributed by atoms with Crippen LogP contribution < -0.4 is 5.32 Å². The Morgan fingerprint density at radius 1 is 1.28 bits per heavy atom. The van der Waals surface area contributed by atoms with Gasteiger partial charge in [-0.3, -0.25) is 4.90 Å². The van der Waals surface area contributed by atoms with Crippen LogP contribution in [0.2, 0.25) is 0 Å². The summed E-state index contributed by atoms with van der Waals surface area (Å²) in [6.07, 6.45) is 5.73. The molecule has 2 nitrogen and oxygen atoms in total. The first-order chi connectivity index (χ1) is 8.41. The Labute approximate surface area is 114 Å². The lowest BCUT2D eigenvalue weighted by molar-refractivity contribution is 0.0498. The Morgan fingerprint density at radius 2 is 1.94 bits per heavy atom. The van der Waals surface area contributed by atoms with Gasteiger partial charge in [-0.15, -0.1) is 0 Å². The van der Waals surface area contributed by atoms with Crippen LogP contribution in [0.5, 0.6) is 0 Å². The van der Waals surface area contributed by atoms with Gasteiger partial charge in [0, 0.05) is 31.2 Å². The van der Waals surface area contributed by atoms with Crippen LogP contribution in [-0.4, -0.2) is 36.1 Å². The third-order valence-corrected chi connectivity index (χ3v) is 4.91. The maximum atomic E-state index is 3.75. The summed E-state index contributed by atoms with van der Waals surface area (Å²) in [6.45, 7) is 14.2. The lowest BCUT2D eigenvalue weighted by Crippen LogP contribution is -2.61. The zero-order valence-electron chi connectivity index (χ0n) is 13.0. The molecule has 3 unspecified atom stereocenters. The average molecular weight is 252 g/mol. The van der Waals surface area contributed by atoms with Gasteiger partial charge in [-0.25, -0.2) is 0 Å². The molecule has 0 aromatic rings. The second kappa shape index (κ2) is 5.50. The molecule has 1 aliphatic heterocycles. The standard InChI is InChI=1S/C16H32N2/c1-6-14(9-13-7-8-13)18-11-15(16(3,4)5)17-10-12(18)2/h12-15,17H,6-11H2,1-5H3. The highest BCUT2D eigenvalue weighted by Gasteiger charge is 2.36. The van der Waals surface area contributed by atoms with E-state index in [1.807, 2.05) is 0 Å². The molecule has 18 heavy (non-hydrogen) atoms. The molecule has 0 spiro atoms. The molecule has 2 heteroatoms. The summed E-state index contributed by atoms with van der Waals surface area (Å²) in [4.78, 5) is 2.80. The Morgan fingerprint density at radius 3 is 2.44 bits per heavy atom. The minimum Gasteiger partial charge on any atom is -0.311 e. The highest BCUT2D eigenvalue weighted by molar-refractivity contribution is 4.94. The van der Waals surface area contributed by atoms with E-state index in [1.54, 1.807) is 0 Å². The zero-order valence-corrected chi connectivity index (χ0v) is 13.0. The highest BCUT2D eigenvalue weighted by atomic mass is 15.3. The molecule has 0 aromatic carbocycles. The van der Waals surface area contributed by atoms with Crippen molar-refractivity contribution in [2.24, 2.45) is 11.3 Å². The maximum Gasteiger partial charge on any atom is 0.0244 e. The van der Waals surface area contributed by atoms with Crippen molar-refractivity contribution in [2.45, 2.75) is 78.4 Å². The number of hydrogen-bond acceptors (Lipinski definition) is 2. The number of nitrogens with one attached hydrogen (secondary N) is 1. The molecule has 1 saturated carbocycles. The van der Waals surface area contributed by atoms with Crippen LogP contribution in [0, 0.1) is 11.3 Å². The SMILES string of the molecule is CCC(CC1CC1)N1CC(C(C)(C)C)NCC1C. The van der Waals surface area contributed by atoms with Crippen LogP contribution in [0.3, 0.4) is 0 Å². The zero-order chi connectivity index (χ0) is 13.3. The summed E-state index contributed by atoms with van der Waals surface area (Å²) in [5, 5.41) is 3.75. The van der Waals surface area contributed by atoms with E-state index in [-0.39, 0.29) is 0 Å². The Hall–Kier alpha value is -0.0800. The molecule has 3 atom stereocenters. The van der Waals surface area contributed by atoms with Gasteiger partial charge in [-0.2, -0.15) is 0 Å². The predicted octanol–water partition coefficient (Wildman–Crippen LogP) is 3.27. The molecule has 0 amide bonds. The van der Waals surface area contributed by atoms with Crippen molar-refractivity contribution < 1.29 is 0 Å². The molecule has 0 aromatic heterocycles. The molecule has 1 aliphatic carbocycles. The summed E-state index contributed by atoms with van der Waals surface area (Å²) in [5.74, 6) is 1.05. The Kier molecular flexibility index (Phi) is 4.38.